The Kier molecular flexibility index (Phi) is 14.7. The number of ether oxygens (including phenoxy) is 1. The molecule has 2 rings (SSSR count). The minimum atomic E-state index is -3.93. The largest absolute Gasteiger partial charge is 0.474 e. The van der Waals surface area contributed by atoms with E-state index in [2.05, 4.69) is 4.98 Å². The number of thioether (sulfide) groups is 2. The zero-order valence-corrected chi connectivity index (χ0v) is 28.4. The zero-order valence-electron chi connectivity index (χ0n) is 25.8. The van der Waals surface area contributed by atoms with Crippen LogP contribution in [0.15, 0.2) is 21.9 Å². The fourth-order valence-electron chi connectivity index (χ4n) is 3.80. The Labute approximate surface area is 257 Å². The van der Waals surface area contributed by atoms with Crippen molar-refractivity contribution in [2.24, 2.45) is 16.7 Å². The number of hydrogen-bond acceptors (Lipinski definition) is 11. The third-order valence-corrected chi connectivity index (χ3v) is 10.5. The standard InChI is InChI=1S/C28H47N2O9PS2/c1-20-18-21(39-23(20)30-13-12-22(31)29-26(30)34)19-38-40(35,36-14-8-10-16-41-24(32)27(2,3)4)37-15-9-11-17-42-25(33)28(5,6)7/h12-13,20-21,23H,8-11,14-19H2,1-7H3,(H,29,31,34)/t20-,21-,23+/m0/s1. The maximum absolute atomic E-state index is 13.5. The van der Waals surface area contributed by atoms with Crippen LogP contribution in [-0.4, -0.2) is 57.2 Å². The van der Waals surface area contributed by atoms with E-state index in [1.54, 1.807) is 0 Å². The van der Waals surface area contributed by atoms with Gasteiger partial charge in [0.1, 0.15) is 6.23 Å². The van der Waals surface area contributed by atoms with Crippen LogP contribution in [0.1, 0.15) is 86.8 Å². The number of hydrogen-bond donors (Lipinski definition) is 1. The molecule has 1 N–H and O–H groups in total. The van der Waals surface area contributed by atoms with Crippen molar-refractivity contribution in [2.75, 3.05) is 31.3 Å². The first-order valence-electron chi connectivity index (χ1n) is 14.4. The van der Waals surface area contributed by atoms with E-state index in [9.17, 15) is 23.7 Å². The number of phosphoric ester groups is 1. The lowest BCUT2D eigenvalue weighted by Crippen LogP contribution is -2.33. The van der Waals surface area contributed by atoms with Crippen LogP contribution in [0, 0.1) is 16.7 Å². The Morgan fingerprint density at radius 3 is 1.95 bits per heavy atom. The molecule has 1 saturated heterocycles. The van der Waals surface area contributed by atoms with Gasteiger partial charge in [-0.3, -0.25) is 37.5 Å². The molecule has 0 spiro atoms. The Hall–Kier alpha value is -1.21. The number of unbranched alkanes of at least 4 members (excludes halogenated alkanes) is 2. The van der Waals surface area contributed by atoms with Crippen LogP contribution >= 0.6 is 31.3 Å². The van der Waals surface area contributed by atoms with Gasteiger partial charge in [-0.1, -0.05) is 72.0 Å². The summed E-state index contributed by atoms with van der Waals surface area (Å²) in [6.45, 7) is 13.4. The van der Waals surface area contributed by atoms with E-state index in [1.165, 1.54) is 40.4 Å². The first-order valence-corrected chi connectivity index (χ1v) is 17.8. The monoisotopic (exact) mass is 650 g/mol. The average molecular weight is 651 g/mol. The Morgan fingerprint density at radius 2 is 1.48 bits per heavy atom. The maximum Gasteiger partial charge on any atom is 0.474 e. The molecule has 0 radical (unpaired) electrons. The van der Waals surface area contributed by atoms with Crippen LogP contribution in [0.3, 0.4) is 0 Å². The van der Waals surface area contributed by atoms with E-state index in [1.807, 2.05) is 48.5 Å². The molecule has 1 aliphatic heterocycles. The van der Waals surface area contributed by atoms with E-state index < -0.39 is 42.2 Å². The van der Waals surface area contributed by atoms with Gasteiger partial charge < -0.3 is 4.74 Å². The molecule has 240 valence electrons. The molecule has 0 aromatic carbocycles. The first-order chi connectivity index (χ1) is 19.5. The summed E-state index contributed by atoms with van der Waals surface area (Å²) in [5.41, 5.74) is -1.86. The lowest BCUT2D eigenvalue weighted by atomic mass is 9.99. The molecule has 0 unspecified atom stereocenters. The molecule has 1 aliphatic rings. The van der Waals surface area contributed by atoms with Gasteiger partial charge in [0, 0.05) is 40.5 Å². The van der Waals surface area contributed by atoms with Gasteiger partial charge in [-0.05, 0) is 32.1 Å². The first kappa shape index (κ1) is 37.0. The molecule has 42 heavy (non-hydrogen) atoms. The second kappa shape index (κ2) is 16.7. The highest BCUT2D eigenvalue weighted by atomic mass is 32.2. The minimum Gasteiger partial charge on any atom is -0.352 e. The molecule has 0 amide bonds. The summed E-state index contributed by atoms with van der Waals surface area (Å²) < 4.78 is 37.8. The second-order valence-electron chi connectivity index (χ2n) is 12.5. The highest BCUT2D eigenvalue weighted by Crippen LogP contribution is 2.50. The number of aromatic amines is 1. The fourth-order valence-corrected chi connectivity index (χ4v) is 7.01. The third kappa shape index (κ3) is 12.8. The normalized spacial score (nSPS) is 19.7. The molecule has 1 fully saturated rings. The van der Waals surface area contributed by atoms with Crippen LogP contribution in [-0.2, 0) is 32.5 Å². The summed E-state index contributed by atoms with van der Waals surface area (Å²) in [6, 6.07) is 1.26. The summed E-state index contributed by atoms with van der Waals surface area (Å²) >= 11 is 2.56. The van der Waals surface area contributed by atoms with Crippen LogP contribution in [0.5, 0.6) is 0 Å². The van der Waals surface area contributed by atoms with Gasteiger partial charge in [-0.2, -0.15) is 0 Å². The SMILES string of the molecule is C[C@H]1C[C@@H](COP(=O)(OCCCCSC(=O)C(C)(C)C)OCCCCSC(=O)C(C)(C)C)O[C@H]1n1ccc(=O)[nH]c1=O. The molecule has 1 aromatic rings. The Morgan fingerprint density at radius 1 is 0.952 bits per heavy atom. The van der Waals surface area contributed by atoms with Gasteiger partial charge in [0.05, 0.1) is 25.9 Å². The maximum atomic E-state index is 13.5. The van der Waals surface area contributed by atoms with Crippen molar-refractivity contribution in [3.8, 4) is 0 Å². The van der Waals surface area contributed by atoms with Gasteiger partial charge in [-0.15, -0.1) is 0 Å². The summed E-state index contributed by atoms with van der Waals surface area (Å²) in [5, 5.41) is 0.243. The number of phosphoric acid groups is 1. The molecule has 0 aliphatic carbocycles. The number of H-pyrrole nitrogens is 1. The van der Waals surface area contributed by atoms with E-state index >= 15 is 0 Å². The number of nitrogens with zero attached hydrogens (tertiary/aromatic N) is 1. The lowest BCUT2D eigenvalue weighted by molar-refractivity contribution is -0.118. The molecule has 11 nitrogen and oxygen atoms in total. The van der Waals surface area contributed by atoms with Crippen LogP contribution in [0.2, 0.25) is 0 Å². The zero-order chi connectivity index (χ0) is 31.6. The van der Waals surface area contributed by atoms with Crippen molar-refractivity contribution in [3.63, 3.8) is 0 Å². The number of rotatable bonds is 16. The predicted molar refractivity (Wildman–Crippen MR) is 167 cm³/mol. The third-order valence-electron chi connectivity index (χ3n) is 6.26. The van der Waals surface area contributed by atoms with Crippen molar-refractivity contribution in [1.82, 2.24) is 9.55 Å². The number of carbonyl (C=O) groups is 2. The van der Waals surface area contributed by atoms with E-state index in [-0.39, 0.29) is 36.0 Å². The Balaban J connectivity index is 1.89. The van der Waals surface area contributed by atoms with Crippen LogP contribution in [0.4, 0.5) is 0 Å². The van der Waals surface area contributed by atoms with E-state index in [0.717, 1.165) is 0 Å². The van der Waals surface area contributed by atoms with Gasteiger partial charge in [-0.25, -0.2) is 9.36 Å². The molecule has 1 aromatic heterocycles. The Bertz CT molecular complexity index is 1150. The molecular formula is C28H47N2O9PS2. The summed E-state index contributed by atoms with van der Waals surface area (Å²) in [4.78, 5) is 50.1. The quantitative estimate of drug-likeness (QED) is 0.172. The van der Waals surface area contributed by atoms with Gasteiger partial charge in [0.25, 0.3) is 5.56 Å². The molecule has 14 heteroatoms. The van der Waals surface area contributed by atoms with Crippen molar-refractivity contribution in [2.45, 2.75) is 92.9 Å². The van der Waals surface area contributed by atoms with E-state index in [0.29, 0.717) is 43.6 Å². The predicted octanol–water partition coefficient (Wildman–Crippen LogP) is 5.79. The minimum absolute atomic E-state index is 0.0648. The number of aromatic nitrogens is 2. The molecule has 2 heterocycles. The average Bonchev–Trinajstić information content (AvgIpc) is 3.25. The highest BCUT2D eigenvalue weighted by molar-refractivity contribution is 8.14. The fraction of sp³-hybridized carbons (Fsp3) is 0.786. The second-order valence-corrected chi connectivity index (χ2v) is 16.3. The van der Waals surface area contributed by atoms with Crippen LogP contribution in [0.25, 0.3) is 0 Å². The molecule has 3 atom stereocenters. The summed E-state index contributed by atoms with van der Waals surface area (Å²) in [7, 11) is -3.93. The smallest absolute Gasteiger partial charge is 0.352 e. The van der Waals surface area contributed by atoms with Gasteiger partial charge in [0.15, 0.2) is 10.2 Å². The van der Waals surface area contributed by atoms with Crippen molar-refractivity contribution in [1.29, 1.82) is 0 Å². The number of carbonyl (C=O) groups excluding carboxylic acids is 2. The lowest BCUT2D eigenvalue weighted by Gasteiger charge is -2.21. The molecular weight excluding hydrogens is 603 g/mol. The van der Waals surface area contributed by atoms with Gasteiger partial charge in [0.2, 0.25) is 0 Å². The highest BCUT2D eigenvalue weighted by Gasteiger charge is 2.37. The van der Waals surface area contributed by atoms with E-state index in [4.69, 9.17) is 18.3 Å². The topological polar surface area (TPSA) is 143 Å². The molecule has 0 bridgehead atoms. The summed E-state index contributed by atoms with van der Waals surface area (Å²) in [6.07, 6.45) is 3.39. The van der Waals surface area contributed by atoms with Gasteiger partial charge >= 0.3 is 13.5 Å². The number of nitrogens with one attached hydrogen (secondary N) is 1. The summed E-state index contributed by atoms with van der Waals surface area (Å²) in [5.74, 6) is 1.20. The van der Waals surface area contributed by atoms with Crippen molar-refractivity contribution in [3.05, 3.63) is 33.1 Å². The van der Waals surface area contributed by atoms with Crippen molar-refractivity contribution >= 4 is 41.6 Å². The van der Waals surface area contributed by atoms with Crippen LogP contribution < -0.4 is 11.2 Å². The van der Waals surface area contributed by atoms with Crippen molar-refractivity contribution < 1.29 is 32.5 Å². The molecule has 0 saturated carbocycles.